The highest BCUT2D eigenvalue weighted by molar-refractivity contribution is 7.26. The molecule has 18 rings (SSSR count). The Morgan fingerprint density at radius 2 is 0.476 bits per heavy atom. The monoisotopic (exact) mass is 1390 g/mol. The van der Waals surface area contributed by atoms with Gasteiger partial charge in [0.05, 0.1) is 22.1 Å². The van der Waals surface area contributed by atoms with Gasteiger partial charge in [-0.25, -0.2) is 0 Å². The molecular formula is C97H84N2SSi3. The second-order valence-corrected chi connectivity index (χ2v) is 40.9. The summed E-state index contributed by atoms with van der Waals surface area (Å²) in [5, 5.41) is 21.0. The van der Waals surface area contributed by atoms with Gasteiger partial charge in [-0.2, -0.15) is 0 Å². The number of aromatic nitrogens is 2. The highest BCUT2D eigenvalue weighted by Crippen LogP contribution is 2.41. The first-order chi connectivity index (χ1) is 50.4. The molecule has 0 spiro atoms. The third kappa shape index (κ3) is 13.2. The van der Waals surface area contributed by atoms with E-state index >= 15 is 0 Å². The minimum absolute atomic E-state index is 1.20. The lowest BCUT2D eigenvalue weighted by Crippen LogP contribution is -2.64. The van der Waals surface area contributed by atoms with Crippen molar-refractivity contribution in [3.63, 3.8) is 0 Å². The minimum atomic E-state index is -2.10. The molecule has 0 saturated carbocycles. The number of hydrogen-bond acceptors (Lipinski definition) is 1. The first-order valence-corrected chi connectivity index (χ1v) is 44.2. The molecule has 0 bridgehead atoms. The molecule has 0 N–H and O–H groups in total. The van der Waals surface area contributed by atoms with Crippen LogP contribution in [0.5, 0.6) is 0 Å². The molecule has 500 valence electrons. The van der Waals surface area contributed by atoms with E-state index in [1.807, 2.05) is 11.3 Å². The van der Waals surface area contributed by atoms with Crippen molar-refractivity contribution < 1.29 is 0 Å². The van der Waals surface area contributed by atoms with Gasteiger partial charge in [0.25, 0.3) is 0 Å². The van der Waals surface area contributed by atoms with E-state index in [1.54, 1.807) is 0 Å². The molecular weight excluding hydrogens is 1310 g/mol. The van der Waals surface area contributed by atoms with Crippen molar-refractivity contribution in [3.05, 3.63) is 404 Å². The van der Waals surface area contributed by atoms with Crippen LogP contribution in [0, 0.1) is 27.7 Å². The summed E-state index contributed by atoms with van der Waals surface area (Å²) in [5.74, 6) is 0. The van der Waals surface area contributed by atoms with Crippen molar-refractivity contribution in [2.45, 2.75) is 47.3 Å². The van der Waals surface area contributed by atoms with Crippen LogP contribution in [0.1, 0.15) is 22.3 Å². The lowest BCUT2D eigenvalue weighted by molar-refractivity contribution is 1.18. The molecule has 0 radical (unpaired) electrons. The molecule has 2 nitrogen and oxygen atoms in total. The van der Waals surface area contributed by atoms with Gasteiger partial charge in [0.1, 0.15) is 24.2 Å². The normalized spacial score (nSPS) is 11.6. The summed E-state index contributed by atoms with van der Waals surface area (Å²) in [6.45, 7) is 16.0. The van der Waals surface area contributed by atoms with Crippen LogP contribution in [0.15, 0.2) is 382 Å². The van der Waals surface area contributed by atoms with Crippen molar-refractivity contribution in [1.29, 1.82) is 0 Å². The smallest absolute Gasteiger partial charge is 0.145 e. The van der Waals surface area contributed by atoms with Crippen molar-refractivity contribution in [1.82, 2.24) is 9.13 Å². The molecule has 18 aromatic rings. The van der Waals surface area contributed by atoms with Gasteiger partial charge in [-0.15, -0.1) is 11.3 Å². The van der Waals surface area contributed by atoms with E-state index in [0.717, 1.165) is 0 Å². The summed E-state index contributed by atoms with van der Waals surface area (Å²) in [7, 11) is -5.93. The van der Waals surface area contributed by atoms with Crippen molar-refractivity contribution >= 4 is 146 Å². The number of fused-ring (bicyclic) bond motifs is 9. The van der Waals surface area contributed by atoms with Gasteiger partial charge in [0, 0.05) is 53.1 Å². The quantitative estimate of drug-likeness (QED) is 0.0902. The Labute approximate surface area is 613 Å². The molecule has 3 aromatic heterocycles. The maximum Gasteiger partial charge on any atom is 0.145 e. The number of nitrogens with zero attached hydrogens (tertiary/aromatic N) is 2. The van der Waals surface area contributed by atoms with Crippen LogP contribution >= 0.6 is 11.3 Å². The molecule has 0 fully saturated rings. The Morgan fingerprint density at radius 1 is 0.194 bits per heavy atom. The van der Waals surface area contributed by atoms with E-state index in [9.17, 15) is 0 Å². The molecule has 0 unspecified atom stereocenters. The summed E-state index contributed by atoms with van der Waals surface area (Å²) >= 11 is 1.89. The van der Waals surface area contributed by atoms with Crippen molar-refractivity contribution in [2.24, 2.45) is 0 Å². The lowest BCUT2D eigenvalue weighted by atomic mass is 10.1. The molecule has 15 aromatic carbocycles. The number of rotatable bonds is 11. The van der Waals surface area contributed by atoms with E-state index in [4.69, 9.17) is 0 Å². The number of hydrogen-bond donors (Lipinski definition) is 0. The van der Waals surface area contributed by atoms with Crippen LogP contribution in [-0.2, 0) is 0 Å². The third-order valence-electron chi connectivity index (χ3n) is 21.4. The molecule has 6 heteroatoms. The lowest BCUT2D eigenvalue weighted by Gasteiger charge is -2.30. The van der Waals surface area contributed by atoms with Gasteiger partial charge in [0.15, 0.2) is 0 Å². The van der Waals surface area contributed by atoms with Gasteiger partial charge in [0.2, 0.25) is 0 Å². The van der Waals surface area contributed by atoms with E-state index in [2.05, 4.69) is 439 Å². The average Bonchev–Trinajstić information content (AvgIpc) is 1.60. The van der Waals surface area contributed by atoms with Crippen LogP contribution < -0.4 is 46.7 Å². The molecule has 0 aliphatic heterocycles. The maximum absolute atomic E-state index is 2.47. The van der Waals surface area contributed by atoms with Crippen LogP contribution in [0.3, 0.4) is 0 Å². The predicted octanol–water partition coefficient (Wildman–Crippen LogP) is 19.8. The molecule has 103 heavy (non-hydrogen) atoms. The molecule has 0 atom stereocenters. The van der Waals surface area contributed by atoms with Gasteiger partial charge < -0.3 is 9.13 Å². The minimum Gasteiger partial charge on any atom is -0.309 e. The largest absolute Gasteiger partial charge is 0.309 e. The van der Waals surface area contributed by atoms with Crippen LogP contribution in [0.25, 0.3) is 75.2 Å². The number of para-hydroxylation sites is 3. The van der Waals surface area contributed by atoms with Gasteiger partial charge in [-0.3, -0.25) is 0 Å². The fourth-order valence-corrected chi connectivity index (χ4v) is 27.1. The Hall–Kier alpha value is -11.2. The molecule has 0 aliphatic carbocycles. The first kappa shape index (κ1) is 67.6. The highest BCUT2D eigenvalue weighted by Gasteiger charge is 2.36. The molecule has 0 aliphatic rings. The van der Waals surface area contributed by atoms with Crippen LogP contribution in [0.2, 0.25) is 19.6 Å². The summed E-state index contributed by atoms with van der Waals surface area (Å²) in [4.78, 5) is 0. The van der Waals surface area contributed by atoms with E-state index < -0.39 is 24.2 Å². The standard InChI is InChI=1S/C31H25NSi.C25H17NS.C22H24Si.C19H18Si/c1-33(25-12-4-2-5-13-25,26-14-6-3-7-15-26)27-22-20-24(21-23-27)32-30-18-10-8-16-28(30)29-17-9-11-19-31(29)32;1-16-11-12-22-19(13-16)20-15-25-21(18-9-5-6-10-24(18)27-25)14-23(20)26(22)17-7-3-2-4-8-17;1-17-5-11-20(12-6-17)23(4,21-13-7-18(2)8-14-21)22-15-9-19(3)10-16-22;1-20(17-11-5-2-6-12-17,18-13-7-3-8-14-18)19-15-9-4-10-16-19/h2-23H,1H3;2-15H,1H3;5-16H,1-4H3;2-16H,1H3. The first-order valence-electron chi connectivity index (χ1n) is 35.9. The summed E-state index contributed by atoms with van der Waals surface area (Å²) in [6.07, 6.45) is 0. The Morgan fingerprint density at radius 3 is 0.874 bits per heavy atom. The van der Waals surface area contributed by atoms with Gasteiger partial charge in [-0.05, 0) is 141 Å². The fraction of sp³-hybridized carbons (Fsp3) is 0.0722. The summed E-state index contributed by atoms with van der Waals surface area (Å²) in [5.41, 5.74) is 12.7. The zero-order valence-corrected chi connectivity index (χ0v) is 63.5. The molecule has 0 amide bonds. The van der Waals surface area contributed by atoms with Crippen molar-refractivity contribution in [3.8, 4) is 11.4 Å². The summed E-state index contributed by atoms with van der Waals surface area (Å²) < 4.78 is 7.50. The fourth-order valence-electron chi connectivity index (χ4n) is 15.4. The molecule has 3 heterocycles. The second kappa shape index (κ2) is 29.4. The van der Waals surface area contributed by atoms with Crippen LogP contribution in [0.4, 0.5) is 0 Å². The zero-order valence-electron chi connectivity index (χ0n) is 59.7. The van der Waals surface area contributed by atoms with E-state index in [0.29, 0.717) is 0 Å². The van der Waals surface area contributed by atoms with E-state index in [1.165, 1.54) is 144 Å². The van der Waals surface area contributed by atoms with E-state index in [-0.39, 0.29) is 0 Å². The molecule has 0 saturated heterocycles. The Kier molecular flexibility index (Phi) is 19.3. The second-order valence-electron chi connectivity index (χ2n) is 27.9. The predicted molar refractivity (Wildman–Crippen MR) is 456 cm³/mol. The highest BCUT2D eigenvalue weighted by atomic mass is 32.1. The number of aryl methyl sites for hydroxylation is 4. The number of thiophene rings is 1. The maximum atomic E-state index is 2.47. The number of benzene rings is 15. The zero-order chi connectivity index (χ0) is 70.5. The SMILES string of the molecule is C[Si](c1ccccc1)(c1ccccc1)c1ccc(-n2c3ccccc3c3ccccc32)cc1.C[Si](c1ccccc1)(c1ccccc1)c1ccccc1.Cc1ccc([Si](C)(c2ccc(C)cc2)c2ccc(C)cc2)cc1.Cc1ccc2c(c1)c1cc3sc4ccccc4c3cc1n2-c1ccccc1. The topological polar surface area (TPSA) is 9.86 Å². The Bertz CT molecular complexity index is 5600. The van der Waals surface area contributed by atoms with Gasteiger partial charge in [-0.1, -0.05) is 357 Å². The average molecular weight is 1390 g/mol. The van der Waals surface area contributed by atoms with Crippen molar-refractivity contribution in [2.75, 3.05) is 0 Å². The Balaban J connectivity index is 0.000000113. The van der Waals surface area contributed by atoms with Gasteiger partial charge >= 0.3 is 0 Å². The third-order valence-corrected chi connectivity index (χ3v) is 35.9. The summed E-state index contributed by atoms with van der Waals surface area (Å²) in [6, 6.07) is 140. The van der Waals surface area contributed by atoms with Crippen LogP contribution in [-0.4, -0.2) is 33.4 Å².